The average molecular weight is 146 g/mol. The standard InChI is InChI=1S/C7H14OS/c1-6(8)7(3-4-7)5-9-2/h6,8H,3-5H2,1-2H3. The summed E-state index contributed by atoms with van der Waals surface area (Å²) in [6, 6.07) is 0. The third-order valence-electron chi connectivity index (χ3n) is 2.21. The van der Waals surface area contributed by atoms with Gasteiger partial charge in [-0.15, -0.1) is 0 Å². The van der Waals surface area contributed by atoms with E-state index in [2.05, 4.69) is 6.26 Å². The summed E-state index contributed by atoms with van der Waals surface area (Å²) >= 11 is 1.84. The quantitative estimate of drug-likeness (QED) is 0.651. The molecule has 0 aromatic heterocycles. The average Bonchev–Trinajstić information content (AvgIpc) is 2.49. The van der Waals surface area contributed by atoms with Gasteiger partial charge in [0, 0.05) is 11.2 Å². The lowest BCUT2D eigenvalue weighted by Gasteiger charge is -2.15. The highest BCUT2D eigenvalue weighted by molar-refractivity contribution is 7.98. The van der Waals surface area contributed by atoms with Gasteiger partial charge in [0.05, 0.1) is 6.10 Å². The Morgan fingerprint density at radius 1 is 1.67 bits per heavy atom. The van der Waals surface area contributed by atoms with E-state index in [-0.39, 0.29) is 6.10 Å². The molecule has 0 radical (unpaired) electrons. The predicted octanol–water partition coefficient (Wildman–Crippen LogP) is 1.51. The van der Waals surface area contributed by atoms with Crippen LogP contribution < -0.4 is 0 Å². The first-order valence-electron chi connectivity index (χ1n) is 3.38. The van der Waals surface area contributed by atoms with E-state index in [1.807, 2.05) is 18.7 Å². The third-order valence-corrected chi connectivity index (χ3v) is 3.07. The molecule has 1 fully saturated rings. The van der Waals surface area contributed by atoms with E-state index in [0.717, 1.165) is 5.75 Å². The van der Waals surface area contributed by atoms with E-state index >= 15 is 0 Å². The van der Waals surface area contributed by atoms with Gasteiger partial charge in [-0.25, -0.2) is 0 Å². The molecule has 0 spiro atoms. The number of rotatable bonds is 3. The Hall–Kier alpha value is 0.310. The first kappa shape index (κ1) is 7.42. The summed E-state index contributed by atoms with van der Waals surface area (Å²) < 4.78 is 0. The molecule has 1 aliphatic rings. The zero-order chi connectivity index (χ0) is 6.91. The normalized spacial score (nSPS) is 25.7. The van der Waals surface area contributed by atoms with E-state index in [1.54, 1.807) is 0 Å². The van der Waals surface area contributed by atoms with Crippen molar-refractivity contribution < 1.29 is 5.11 Å². The van der Waals surface area contributed by atoms with Crippen LogP contribution in [0.1, 0.15) is 19.8 Å². The fourth-order valence-electron chi connectivity index (χ4n) is 1.13. The molecule has 1 nitrogen and oxygen atoms in total. The van der Waals surface area contributed by atoms with Crippen molar-refractivity contribution in [3.8, 4) is 0 Å². The van der Waals surface area contributed by atoms with Crippen molar-refractivity contribution in [2.24, 2.45) is 5.41 Å². The van der Waals surface area contributed by atoms with Crippen molar-refractivity contribution in [1.29, 1.82) is 0 Å². The molecular weight excluding hydrogens is 132 g/mol. The third kappa shape index (κ3) is 1.41. The van der Waals surface area contributed by atoms with Crippen LogP contribution in [-0.2, 0) is 0 Å². The highest BCUT2D eigenvalue weighted by Crippen LogP contribution is 2.50. The first-order chi connectivity index (χ1) is 4.21. The molecule has 1 N–H and O–H groups in total. The van der Waals surface area contributed by atoms with Crippen molar-refractivity contribution >= 4 is 11.8 Å². The minimum absolute atomic E-state index is 0.0926. The molecule has 0 amide bonds. The highest BCUT2D eigenvalue weighted by atomic mass is 32.2. The fourth-order valence-corrected chi connectivity index (χ4v) is 2.24. The Morgan fingerprint density at radius 2 is 2.22 bits per heavy atom. The molecule has 0 aromatic carbocycles. The molecule has 1 saturated carbocycles. The molecule has 1 atom stereocenters. The second-order valence-electron chi connectivity index (χ2n) is 2.97. The molecule has 9 heavy (non-hydrogen) atoms. The predicted molar refractivity (Wildman–Crippen MR) is 41.7 cm³/mol. The summed E-state index contributed by atoms with van der Waals surface area (Å²) in [5, 5.41) is 9.26. The Balaban J connectivity index is 2.33. The van der Waals surface area contributed by atoms with Gasteiger partial charge in [-0.05, 0) is 26.0 Å². The van der Waals surface area contributed by atoms with Gasteiger partial charge in [0.1, 0.15) is 0 Å². The van der Waals surface area contributed by atoms with E-state index in [0.29, 0.717) is 5.41 Å². The Labute approximate surface area is 60.8 Å². The van der Waals surface area contributed by atoms with Crippen LogP contribution in [-0.4, -0.2) is 23.2 Å². The SMILES string of the molecule is CSCC1(C(C)O)CC1. The molecule has 54 valence electrons. The Morgan fingerprint density at radius 3 is 2.33 bits per heavy atom. The Bertz CT molecular complexity index is 97.1. The molecule has 2 heteroatoms. The van der Waals surface area contributed by atoms with Gasteiger partial charge in [-0.2, -0.15) is 11.8 Å². The number of hydrogen-bond donors (Lipinski definition) is 1. The van der Waals surface area contributed by atoms with Crippen LogP contribution in [0.2, 0.25) is 0 Å². The molecule has 0 aliphatic heterocycles. The van der Waals surface area contributed by atoms with Crippen LogP contribution in [0.15, 0.2) is 0 Å². The smallest absolute Gasteiger partial charge is 0.0576 e. The molecule has 1 rings (SSSR count). The number of aliphatic hydroxyl groups is 1. The zero-order valence-corrected chi connectivity index (χ0v) is 6.87. The minimum Gasteiger partial charge on any atom is -0.393 e. The topological polar surface area (TPSA) is 20.2 Å². The largest absolute Gasteiger partial charge is 0.393 e. The monoisotopic (exact) mass is 146 g/mol. The van der Waals surface area contributed by atoms with E-state index in [4.69, 9.17) is 0 Å². The zero-order valence-electron chi connectivity index (χ0n) is 6.05. The van der Waals surface area contributed by atoms with Gasteiger partial charge >= 0.3 is 0 Å². The molecular formula is C7H14OS. The molecule has 0 heterocycles. The summed E-state index contributed by atoms with van der Waals surface area (Å²) in [7, 11) is 0. The van der Waals surface area contributed by atoms with Gasteiger partial charge in [-0.3, -0.25) is 0 Å². The highest BCUT2D eigenvalue weighted by Gasteiger charge is 2.46. The van der Waals surface area contributed by atoms with Crippen molar-refractivity contribution in [1.82, 2.24) is 0 Å². The number of aliphatic hydroxyl groups excluding tert-OH is 1. The van der Waals surface area contributed by atoms with Gasteiger partial charge < -0.3 is 5.11 Å². The van der Waals surface area contributed by atoms with Crippen LogP contribution in [0.3, 0.4) is 0 Å². The second-order valence-corrected chi connectivity index (χ2v) is 3.84. The van der Waals surface area contributed by atoms with Crippen LogP contribution in [0, 0.1) is 5.41 Å². The number of thioether (sulfide) groups is 1. The summed E-state index contributed by atoms with van der Waals surface area (Å²) in [6.45, 7) is 1.91. The maximum Gasteiger partial charge on any atom is 0.0576 e. The van der Waals surface area contributed by atoms with Crippen molar-refractivity contribution in [2.75, 3.05) is 12.0 Å². The van der Waals surface area contributed by atoms with Crippen LogP contribution in [0.5, 0.6) is 0 Å². The van der Waals surface area contributed by atoms with Crippen LogP contribution >= 0.6 is 11.8 Å². The lowest BCUT2D eigenvalue weighted by molar-refractivity contribution is 0.124. The lowest BCUT2D eigenvalue weighted by Crippen LogP contribution is -2.20. The molecule has 1 aliphatic carbocycles. The van der Waals surface area contributed by atoms with Gasteiger partial charge in [0.15, 0.2) is 0 Å². The van der Waals surface area contributed by atoms with E-state index in [1.165, 1.54) is 12.8 Å². The molecule has 0 aromatic rings. The van der Waals surface area contributed by atoms with E-state index < -0.39 is 0 Å². The Kier molecular flexibility index (Phi) is 2.07. The van der Waals surface area contributed by atoms with Crippen LogP contribution in [0.25, 0.3) is 0 Å². The molecule has 0 bridgehead atoms. The van der Waals surface area contributed by atoms with Gasteiger partial charge in [-0.1, -0.05) is 0 Å². The summed E-state index contributed by atoms with van der Waals surface area (Å²) in [6.07, 6.45) is 4.46. The number of hydrogen-bond acceptors (Lipinski definition) is 2. The first-order valence-corrected chi connectivity index (χ1v) is 4.78. The van der Waals surface area contributed by atoms with Crippen molar-refractivity contribution in [3.63, 3.8) is 0 Å². The fraction of sp³-hybridized carbons (Fsp3) is 1.00. The summed E-state index contributed by atoms with van der Waals surface area (Å²) in [5.74, 6) is 1.13. The van der Waals surface area contributed by atoms with Crippen molar-refractivity contribution in [2.45, 2.75) is 25.9 Å². The lowest BCUT2D eigenvalue weighted by atomic mass is 10.0. The maximum atomic E-state index is 9.26. The minimum atomic E-state index is -0.0926. The maximum absolute atomic E-state index is 9.26. The van der Waals surface area contributed by atoms with Gasteiger partial charge in [0.2, 0.25) is 0 Å². The molecule has 1 unspecified atom stereocenters. The van der Waals surface area contributed by atoms with E-state index in [9.17, 15) is 5.11 Å². The summed E-state index contributed by atoms with van der Waals surface area (Å²) in [4.78, 5) is 0. The summed E-state index contributed by atoms with van der Waals surface area (Å²) in [5.41, 5.74) is 0.319. The van der Waals surface area contributed by atoms with Gasteiger partial charge in [0.25, 0.3) is 0 Å². The van der Waals surface area contributed by atoms with Crippen LogP contribution in [0.4, 0.5) is 0 Å². The molecule has 0 saturated heterocycles. The second kappa shape index (κ2) is 2.51. The van der Waals surface area contributed by atoms with Crippen molar-refractivity contribution in [3.05, 3.63) is 0 Å².